The van der Waals surface area contributed by atoms with Crippen molar-refractivity contribution in [2.75, 3.05) is 25.6 Å². The van der Waals surface area contributed by atoms with Gasteiger partial charge in [-0.15, -0.1) is 4.40 Å². The molecule has 134 valence electrons. The number of hydrogen-bond acceptors (Lipinski definition) is 5. The van der Waals surface area contributed by atoms with E-state index in [0.717, 1.165) is 16.1 Å². The van der Waals surface area contributed by atoms with Gasteiger partial charge in [-0.1, -0.05) is 12.1 Å². The molecule has 0 unspecified atom stereocenters. The molecule has 25 heavy (non-hydrogen) atoms. The Morgan fingerprint density at radius 1 is 1.28 bits per heavy atom. The molecule has 0 fully saturated rings. The summed E-state index contributed by atoms with van der Waals surface area (Å²) in [4.78, 5) is 25.5. The molecule has 1 amide bonds. The summed E-state index contributed by atoms with van der Waals surface area (Å²) in [5.41, 5.74) is 1.61. The summed E-state index contributed by atoms with van der Waals surface area (Å²) in [6.45, 7) is 2.79. The average Bonchev–Trinajstić information content (AvgIpc) is 2.55. The summed E-state index contributed by atoms with van der Waals surface area (Å²) in [6, 6.07) is 7.24. The molecule has 0 spiro atoms. The summed E-state index contributed by atoms with van der Waals surface area (Å²) in [5.74, 6) is -1.19. The van der Waals surface area contributed by atoms with Crippen molar-refractivity contribution in [3.05, 3.63) is 41.6 Å². The maximum atomic E-state index is 12.5. The van der Waals surface area contributed by atoms with E-state index in [2.05, 4.69) is 9.13 Å². The van der Waals surface area contributed by atoms with Gasteiger partial charge in [-0.05, 0) is 31.5 Å². The van der Waals surface area contributed by atoms with E-state index in [1.54, 1.807) is 25.2 Å². The highest BCUT2D eigenvalue weighted by atomic mass is 32.2. The second-order valence-corrected chi connectivity index (χ2v) is 7.07. The molecular formula is C16H19N3O5S. The molecule has 0 atom stereocenters. The third-order valence-corrected chi connectivity index (χ3v) is 5.00. The lowest BCUT2D eigenvalue weighted by Crippen LogP contribution is -2.40. The van der Waals surface area contributed by atoms with Gasteiger partial charge in [-0.3, -0.25) is 4.79 Å². The predicted molar refractivity (Wildman–Crippen MR) is 93.4 cm³/mol. The lowest BCUT2D eigenvalue weighted by molar-refractivity contribution is -0.135. The molecule has 2 rings (SSSR count). The van der Waals surface area contributed by atoms with Gasteiger partial charge < -0.3 is 9.64 Å². The topological polar surface area (TPSA) is 96.4 Å². The van der Waals surface area contributed by atoms with E-state index >= 15 is 0 Å². The highest BCUT2D eigenvalue weighted by Gasteiger charge is 2.30. The molecule has 1 aliphatic rings. The fraction of sp³-hybridized carbons (Fsp3) is 0.312. The van der Waals surface area contributed by atoms with Crippen molar-refractivity contribution in [2.45, 2.75) is 13.8 Å². The number of anilines is 1. The van der Waals surface area contributed by atoms with Crippen molar-refractivity contribution in [3.63, 3.8) is 0 Å². The highest BCUT2D eigenvalue weighted by Crippen LogP contribution is 2.19. The lowest BCUT2D eigenvalue weighted by atomic mass is 10.2. The number of benzene rings is 1. The van der Waals surface area contributed by atoms with Gasteiger partial charge in [-0.25, -0.2) is 9.10 Å². The van der Waals surface area contributed by atoms with Gasteiger partial charge >= 0.3 is 16.2 Å². The Kier molecular flexibility index (Phi) is 5.27. The molecule has 0 aliphatic carbocycles. The zero-order valence-corrected chi connectivity index (χ0v) is 15.2. The quantitative estimate of drug-likeness (QED) is 0.743. The smallest absolute Gasteiger partial charge is 0.344 e. The van der Waals surface area contributed by atoms with Crippen LogP contribution in [0.3, 0.4) is 0 Å². The van der Waals surface area contributed by atoms with Crippen LogP contribution in [-0.4, -0.2) is 51.0 Å². The zero-order chi connectivity index (χ0) is 18.8. The maximum Gasteiger partial charge on any atom is 0.344 e. The number of carbonyl (C=O) groups is 2. The molecule has 0 N–H and O–H groups in total. The minimum atomic E-state index is -4.08. The van der Waals surface area contributed by atoms with Crippen LogP contribution in [0.15, 0.2) is 40.4 Å². The highest BCUT2D eigenvalue weighted by molar-refractivity contribution is 7.88. The first-order valence-electron chi connectivity index (χ1n) is 7.38. The fourth-order valence-corrected chi connectivity index (χ4v) is 3.30. The third kappa shape index (κ3) is 4.05. The largest absolute Gasteiger partial charge is 0.465 e. The standard InChI is InChI=1S/C16H19N3O5S/c1-11-6-5-7-13(8-11)18(3)15(20)10-19-9-14(16(21)24-4)12(2)17-25(19,22)23/h5-9H,10H2,1-4H3. The van der Waals surface area contributed by atoms with Crippen LogP contribution in [0.1, 0.15) is 12.5 Å². The van der Waals surface area contributed by atoms with Gasteiger partial charge in [0.25, 0.3) is 0 Å². The number of aryl methyl sites for hydroxylation is 1. The number of nitrogens with zero attached hydrogens (tertiary/aromatic N) is 3. The van der Waals surface area contributed by atoms with Crippen molar-refractivity contribution >= 4 is 33.5 Å². The van der Waals surface area contributed by atoms with Gasteiger partial charge in [0.05, 0.1) is 18.4 Å². The maximum absolute atomic E-state index is 12.5. The van der Waals surface area contributed by atoms with Crippen LogP contribution in [0.25, 0.3) is 0 Å². The molecule has 1 aromatic rings. The minimum Gasteiger partial charge on any atom is -0.465 e. The molecule has 0 radical (unpaired) electrons. The van der Waals surface area contributed by atoms with E-state index in [1.807, 2.05) is 13.0 Å². The number of rotatable bonds is 4. The Morgan fingerprint density at radius 3 is 2.56 bits per heavy atom. The Bertz CT molecular complexity index is 874. The van der Waals surface area contributed by atoms with Crippen LogP contribution >= 0.6 is 0 Å². The van der Waals surface area contributed by atoms with E-state index in [-0.39, 0.29) is 11.3 Å². The van der Waals surface area contributed by atoms with Gasteiger partial charge in [-0.2, -0.15) is 8.42 Å². The van der Waals surface area contributed by atoms with E-state index < -0.39 is 28.6 Å². The molecular weight excluding hydrogens is 346 g/mol. The molecule has 1 aromatic carbocycles. The van der Waals surface area contributed by atoms with Crippen LogP contribution in [0.4, 0.5) is 5.69 Å². The SMILES string of the molecule is COC(=O)C1=CN(CC(=O)N(C)c2cccc(C)c2)S(=O)(=O)N=C1C. The average molecular weight is 365 g/mol. The van der Waals surface area contributed by atoms with Gasteiger partial charge in [0, 0.05) is 18.9 Å². The Hall–Kier alpha value is -2.68. The van der Waals surface area contributed by atoms with Crippen molar-refractivity contribution in [2.24, 2.45) is 4.40 Å². The second kappa shape index (κ2) is 7.06. The van der Waals surface area contributed by atoms with E-state index in [4.69, 9.17) is 0 Å². The monoisotopic (exact) mass is 365 g/mol. The number of hydrogen-bond donors (Lipinski definition) is 0. The first kappa shape index (κ1) is 18.7. The van der Waals surface area contributed by atoms with E-state index in [0.29, 0.717) is 5.69 Å². The summed E-state index contributed by atoms with van der Waals surface area (Å²) >= 11 is 0. The van der Waals surface area contributed by atoms with Crippen molar-refractivity contribution in [3.8, 4) is 0 Å². The molecule has 8 nitrogen and oxygen atoms in total. The molecule has 0 saturated heterocycles. The summed E-state index contributed by atoms with van der Waals surface area (Å²) in [7, 11) is -1.35. The molecule has 1 heterocycles. The number of likely N-dealkylation sites (N-methyl/N-ethyl adjacent to an activating group) is 1. The zero-order valence-electron chi connectivity index (χ0n) is 14.4. The Morgan fingerprint density at radius 2 is 1.96 bits per heavy atom. The van der Waals surface area contributed by atoms with Crippen LogP contribution in [0.5, 0.6) is 0 Å². The van der Waals surface area contributed by atoms with Crippen LogP contribution in [0.2, 0.25) is 0 Å². The molecule has 0 aromatic heterocycles. The number of ether oxygens (including phenoxy) is 1. The molecule has 9 heteroatoms. The minimum absolute atomic E-state index is 0.0108. The Labute approximate surface area is 146 Å². The number of methoxy groups -OCH3 is 1. The lowest BCUT2D eigenvalue weighted by Gasteiger charge is -2.25. The number of carbonyl (C=O) groups excluding carboxylic acids is 2. The second-order valence-electron chi connectivity index (χ2n) is 5.53. The first-order chi connectivity index (χ1) is 11.7. The van der Waals surface area contributed by atoms with E-state index in [9.17, 15) is 18.0 Å². The van der Waals surface area contributed by atoms with Gasteiger partial charge in [0.15, 0.2) is 0 Å². The predicted octanol–water partition coefficient (Wildman–Crippen LogP) is 1.04. The van der Waals surface area contributed by atoms with Crippen LogP contribution in [0, 0.1) is 6.92 Å². The van der Waals surface area contributed by atoms with Crippen molar-refractivity contribution < 1.29 is 22.7 Å². The fourth-order valence-electron chi connectivity index (χ4n) is 2.24. The van der Waals surface area contributed by atoms with Crippen LogP contribution < -0.4 is 4.90 Å². The van der Waals surface area contributed by atoms with Gasteiger partial charge in [0.2, 0.25) is 5.91 Å². The van der Waals surface area contributed by atoms with Gasteiger partial charge in [0.1, 0.15) is 6.54 Å². The first-order valence-corrected chi connectivity index (χ1v) is 8.77. The molecule has 0 saturated carbocycles. The normalized spacial score (nSPS) is 15.9. The Balaban J connectivity index is 2.26. The molecule has 0 bridgehead atoms. The van der Waals surface area contributed by atoms with Crippen LogP contribution in [-0.2, 0) is 24.5 Å². The van der Waals surface area contributed by atoms with Crippen molar-refractivity contribution in [1.82, 2.24) is 4.31 Å². The van der Waals surface area contributed by atoms with E-state index in [1.165, 1.54) is 18.9 Å². The van der Waals surface area contributed by atoms with Crippen molar-refractivity contribution in [1.29, 1.82) is 0 Å². The summed E-state index contributed by atoms with van der Waals surface area (Å²) < 4.78 is 33.2. The number of esters is 1. The number of amides is 1. The third-order valence-electron chi connectivity index (χ3n) is 3.67. The summed E-state index contributed by atoms with van der Waals surface area (Å²) in [5, 5.41) is 0. The summed E-state index contributed by atoms with van der Waals surface area (Å²) in [6.07, 6.45) is 1.07. The molecule has 1 aliphatic heterocycles.